The van der Waals surface area contributed by atoms with Crippen molar-refractivity contribution < 1.29 is 5.11 Å². The summed E-state index contributed by atoms with van der Waals surface area (Å²) in [5, 5.41) is 13.0. The molecule has 0 fully saturated rings. The van der Waals surface area contributed by atoms with E-state index in [1.807, 2.05) is 27.7 Å². The molecule has 0 aliphatic rings. The lowest BCUT2D eigenvalue weighted by molar-refractivity contribution is 0.266. The van der Waals surface area contributed by atoms with Gasteiger partial charge in [-0.25, -0.2) is 9.48 Å². The summed E-state index contributed by atoms with van der Waals surface area (Å²) in [5.74, 6) is 0.989. The lowest BCUT2D eigenvalue weighted by atomic mass is 10.2. The molecule has 1 aromatic rings. The molecule has 15 heavy (non-hydrogen) atoms. The summed E-state index contributed by atoms with van der Waals surface area (Å²) < 4.78 is 3.01. The molecule has 0 aliphatic carbocycles. The second-order valence-corrected chi connectivity index (χ2v) is 4.21. The van der Waals surface area contributed by atoms with Crippen LogP contribution in [0.4, 0.5) is 0 Å². The van der Waals surface area contributed by atoms with Crippen LogP contribution in [0.1, 0.15) is 45.5 Å². The average molecular weight is 213 g/mol. The van der Waals surface area contributed by atoms with Gasteiger partial charge in [0.15, 0.2) is 0 Å². The number of hydrogen-bond acceptors (Lipinski definition) is 3. The Bertz CT molecular complexity index is 377. The molecule has 0 atom stereocenters. The highest BCUT2D eigenvalue weighted by Gasteiger charge is 2.17. The van der Waals surface area contributed by atoms with Gasteiger partial charge in [-0.05, 0) is 13.8 Å². The van der Waals surface area contributed by atoms with E-state index in [-0.39, 0.29) is 30.8 Å². The van der Waals surface area contributed by atoms with Crippen molar-refractivity contribution in [2.75, 3.05) is 6.61 Å². The van der Waals surface area contributed by atoms with Crippen molar-refractivity contribution in [1.82, 2.24) is 14.3 Å². The van der Waals surface area contributed by atoms with Crippen molar-refractivity contribution in [1.29, 1.82) is 0 Å². The fraction of sp³-hybridized carbons (Fsp3) is 0.800. The molecule has 86 valence electrons. The van der Waals surface area contributed by atoms with E-state index in [0.717, 1.165) is 5.82 Å². The van der Waals surface area contributed by atoms with E-state index >= 15 is 0 Å². The molecule has 0 aromatic carbocycles. The second kappa shape index (κ2) is 4.61. The zero-order valence-electron chi connectivity index (χ0n) is 9.77. The molecule has 5 heteroatoms. The number of nitrogens with zero attached hydrogens (tertiary/aromatic N) is 3. The molecule has 5 nitrogen and oxygen atoms in total. The average Bonchev–Trinajstić information content (AvgIpc) is 2.44. The van der Waals surface area contributed by atoms with E-state index in [1.54, 1.807) is 4.57 Å². The SMILES string of the molecule is CC(C)c1nn(CCO)c(=O)n1C(C)C. The Morgan fingerprint density at radius 3 is 2.27 bits per heavy atom. The monoisotopic (exact) mass is 213 g/mol. The summed E-state index contributed by atoms with van der Waals surface area (Å²) in [5.41, 5.74) is -0.136. The maximum atomic E-state index is 11.9. The predicted octanol–water partition coefficient (Wildman–Crippen LogP) is 0.741. The second-order valence-electron chi connectivity index (χ2n) is 4.21. The summed E-state index contributed by atoms with van der Waals surface area (Å²) >= 11 is 0. The fourth-order valence-electron chi connectivity index (χ4n) is 1.56. The molecule has 0 bridgehead atoms. The first kappa shape index (κ1) is 12.0. The van der Waals surface area contributed by atoms with Crippen molar-refractivity contribution in [2.24, 2.45) is 0 Å². The first-order chi connectivity index (χ1) is 6.99. The Morgan fingerprint density at radius 1 is 1.33 bits per heavy atom. The molecule has 0 aliphatic heterocycles. The minimum absolute atomic E-state index is 0.0629. The van der Waals surface area contributed by atoms with Crippen LogP contribution >= 0.6 is 0 Å². The van der Waals surface area contributed by atoms with Crippen LogP contribution in [-0.2, 0) is 6.54 Å². The standard InChI is InChI=1S/C10H19N3O2/c1-7(2)9-11-12(5-6-14)10(15)13(9)8(3)4/h7-8,14H,5-6H2,1-4H3. The summed E-state index contributed by atoms with van der Waals surface area (Å²) in [6.07, 6.45) is 0. The quantitative estimate of drug-likeness (QED) is 0.802. The van der Waals surface area contributed by atoms with Crippen LogP contribution in [0.5, 0.6) is 0 Å². The molecule has 0 amide bonds. The van der Waals surface area contributed by atoms with Gasteiger partial charge >= 0.3 is 5.69 Å². The lowest BCUT2D eigenvalue weighted by Gasteiger charge is -2.10. The smallest absolute Gasteiger partial charge is 0.346 e. The minimum atomic E-state index is -0.136. The molecular formula is C10H19N3O2. The summed E-state index contributed by atoms with van der Waals surface area (Å²) in [7, 11) is 0. The number of aliphatic hydroxyl groups excluding tert-OH is 1. The third-order valence-electron chi connectivity index (χ3n) is 2.24. The lowest BCUT2D eigenvalue weighted by Crippen LogP contribution is -2.27. The van der Waals surface area contributed by atoms with E-state index in [9.17, 15) is 4.79 Å². The van der Waals surface area contributed by atoms with Gasteiger partial charge in [-0.15, -0.1) is 0 Å². The van der Waals surface area contributed by atoms with E-state index < -0.39 is 0 Å². The largest absolute Gasteiger partial charge is 0.394 e. The predicted molar refractivity (Wildman–Crippen MR) is 58.0 cm³/mol. The van der Waals surface area contributed by atoms with Gasteiger partial charge in [-0.2, -0.15) is 5.10 Å². The maximum Gasteiger partial charge on any atom is 0.346 e. The van der Waals surface area contributed by atoms with Crippen LogP contribution in [0.15, 0.2) is 4.79 Å². The zero-order valence-corrected chi connectivity index (χ0v) is 9.77. The van der Waals surface area contributed by atoms with Crippen LogP contribution in [0.25, 0.3) is 0 Å². The first-order valence-electron chi connectivity index (χ1n) is 5.29. The third kappa shape index (κ3) is 2.28. The topological polar surface area (TPSA) is 60.0 Å². The summed E-state index contributed by atoms with van der Waals surface area (Å²) in [6, 6.07) is 0.0994. The Morgan fingerprint density at radius 2 is 1.93 bits per heavy atom. The van der Waals surface area contributed by atoms with Gasteiger partial charge in [0, 0.05) is 12.0 Å². The minimum Gasteiger partial charge on any atom is -0.394 e. The number of aliphatic hydroxyl groups is 1. The highest BCUT2D eigenvalue weighted by atomic mass is 16.3. The van der Waals surface area contributed by atoms with Crippen LogP contribution in [0, 0.1) is 0 Å². The molecule has 1 heterocycles. The normalized spacial score (nSPS) is 11.7. The third-order valence-corrected chi connectivity index (χ3v) is 2.24. The van der Waals surface area contributed by atoms with E-state index in [0.29, 0.717) is 0 Å². The Labute approximate surface area is 89.3 Å². The van der Waals surface area contributed by atoms with E-state index in [1.165, 1.54) is 4.68 Å². The van der Waals surface area contributed by atoms with Crippen molar-refractivity contribution in [3.63, 3.8) is 0 Å². The van der Waals surface area contributed by atoms with Crippen LogP contribution in [0.3, 0.4) is 0 Å². The highest BCUT2D eigenvalue weighted by Crippen LogP contribution is 2.13. The Balaban J connectivity index is 3.27. The van der Waals surface area contributed by atoms with E-state index in [2.05, 4.69) is 5.10 Å². The molecule has 0 unspecified atom stereocenters. The molecule has 0 radical (unpaired) electrons. The van der Waals surface area contributed by atoms with Crippen molar-refractivity contribution >= 4 is 0 Å². The Hall–Kier alpha value is -1.10. The molecule has 1 aromatic heterocycles. The summed E-state index contributed by atoms with van der Waals surface area (Å²) in [6.45, 7) is 8.12. The molecule has 1 N–H and O–H groups in total. The van der Waals surface area contributed by atoms with Gasteiger partial charge in [-0.1, -0.05) is 13.8 Å². The molecule has 0 saturated carbocycles. The van der Waals surface area contributed by atoms with Gasteiger partial charge in [0.05, 0.1) is 13.2 Å². The van der Waals surface area contributed by atoms with Crippen molar-refractivity contribution in [3.8, 4) is 0 Å². The van der Waals surface area contributed by atoms with Crippen molar-refractivity contribution in [2.45, 2.75) is 46.2 Å². The van der Waals surface area contributed by atoms with E-state index in [4.69, 9.17) is 5.11 Å². The Kier molecular flexibility index (Phi) is 3.68. The van der Waals surface area contributed by atoms with Gasteiger partial charge in [0.25, 0.3) is 0 Å². The summed E-state index contributed by atoms with van der Waals surface area (Å²) in [4.78, 5) is 11.9. The highest BCUT2D eigenvalue weighted by molar-refractivity contribution is 4.95. The number of hydrogen-bond donors (Lipinski definition) is 1. The van der Waals surface area contributed by atoms with Gasteiger partial charge in [0.2, 0.25) is 0 Å². The molecule has 0 spiro atoms. The number of rotatable bonds is 4. The van der Waals surface area contributed by atoms with Crippen LogP contribution in [-0.4, -0.2) is 26.1 Å². The first-order valence-corrected chi connectivity index (χ1v) is 5.29. The van der Waals surface area contributed by atoms with Crippen molar-refractivity contribution in [3.05, 3.63) is 16.3 Å². The molecule has 1 rings (SSSR count). The number of aromatic nitrogens is 3. The fourth-order valence-corrected chi connectivity index (χ4v) is 1.56. The molecular weight excluding hydrogens is 194 g/mol. The zero-order chi connectivity index (χ0) is 11.6. The van der Waals surface area contributed by atoms with Crippen LogP contribution in [0.2, 0.25) is 0 Å². The van der Waals surface area contributed by atoms with Crippen LogP contribution < -0.4 is 5.69 Å². The van der Waals surface area contributed by atoms with Gasteiger partial charge < -0.3 is 5.11 Å². The van der Waals surface area contributed by atoms with Gasteiger partial charge in [0.1, 0.15) is 5.82 Å². The maximum absolute atomic E-state index is 11.9. The van der Waals surface area contributed by atoms with Gasteiger partial charge in [-0.3, -0.25) is 4.57 Å². The molecule has 0 saturated heterocycles.